The molecule has 3 atom stereocenters. The van der Waals surface area contributed by atoms with Gasteiger partial charge in [0.2, 0.25) is 11.8 Å². The Labute approximate surface area is 204 Å². The largest absolute Gasteiger partial charge is 0.343 e. The molecule has 0 unspecified atom stereocenters. The first kappa shape index (κ1) is 26.3. The SMILES string of the molecule is C/C(=C/[NH3+])N(N)CC(=O)N1C[C@H](F)C[C@H]1C(=O)N[C@@H](c1ccccc1)c1ccc(C(C)C)c(F)c1. The van der Waals surface area contributed by atoms with Crippen LogP contribution in [0.25, 0.3) is 0 Å². The van der Waals surface area contributed by atoms with Gasteiger partial charge in [0, 0.05) is 6.42 Å². The molecule has 2 aromatic carbocycles. The minimum atomic E-state index is -1.33. The molecule has 3 rings (SSSR count). The maximum atomic E-state index is 14.8. The summed E-state index contributed by atoms with van der Waals surface area (Å²) in [5.74, 6) is 4.57. The third-order valence-electron chi connectivity index (χ3n) is 6.33. The van der Waals surface area contributed by atoms with Gasteiger partial charge in [0.1, 0.15) is 30.8 Å². The lowest BCUT2D eigenvalue weighted by atomic mass is 9.94. The normalized spacial score (nSPS) is 19.1. The Hall–Kier alpha value is -3.30. The van der Waals surface area contributed by atoms with Crippen molar-refractivity contribution in [3.8, 4) is 0 Å². The predicted octanol–water partition coefficient (Wildman–Crippen LogP) is 2.37. The Bertz CT molecular complexity index is 1080. The zero-order chi connectivity index (χ0) is 25.7. The molecule has 0 saturated carbocycles. The molecule has 0 aliphatic carbocycles. The fourth-order valence-corrected chi connectivity index (χ4v) is 4.22. The monoisotopic (exact) mass is 486 g/mol. The van der Waals surface area contributed by atoms with Crippen molar-refractivity contribution in [3.05, 3.63) is 82.9 Å². The van der Waals surface area contributed by atoms with Gasteiger partial charge in [-0.2, -0.15) is 0 Å². The average Bonchev–Trinajstić information content (AvgIpc) is 3.24. The quantitative estimate of drug-likeness (QED) is 0.393. The summed E-state index contributed by atoms with van der Waals surface area (Å²) < 4.78 is 29.2. The van der Waals surface area contributed by atoms with Gasteiger partial charge in [0.25, 0.3) is 0 Å². The Balaban J connectivity index is 1.86. The van der Waals surface area contributed by atoms with Crippen molar-refractivity contribution in [2.45, 2.75) is 51.4 Å². The Kier molecular flexibility index (Phi) is 8.58. The van der Waals surface area contributed by atoms with Crippen molar-refractivity contribution in [3.63, 3.8) is 0 Å². The number of nitrogens with zero attached hydrogens (tertiary/aromatic N) is 2. The zero-order valence-electron chi connectivity index (χ0n) is 20.4. The van der Waals surface area contributed by atoms with E-state index in [1.54, 1.807) is 19.1 Å². The zero-order valence-corrected chi connectivity index (χ0v) is 20.4. The van der Waals surface area contributed by atoms with E-state index in [0.717, 1.165) is 5.56 Å². The number of likely N-dealkylation sites (tertiary alicyclic amines) is 1. The number of quaternary nitrogens is 1. The maximum absolute atomic E-state index is 14.8. The maximum Gasteiger partial charge on any atom is 0.244 e. The highest BCUT2D eigenvalue weighted by molar-refractivity contribution is 5.89. The molecule has 1 fully saturated rings. The van der Waals surface area contributed by atoms with Crippen LogP contribution < -0.4 is 16.9 Å². The Morgan fingerprint density at radius 3 is 2.51 bits per heavy atom. The number of halogens is 2. The summed E-state index contributed by atoms with van der Waals surface area (Å²) in [7, 11) is 0. The van der Waals surface area contributed by atoms with E-state index in [9.17, 15) is 18.4 Å². The van der Waals surface area contributed by atoms with Crippen molar-refractivity contribution in [1.82, 2.24) is 15.2 Å². The van der Waals surface area contributed by atoms with E-state index in [4.69, 9.17) is 5.84 Å². The van der Waals surface area contributed by atoms with Crippen LogP contribution in [0.15, 0.2) is 60.4 Å². The number of carbonyl (C=O) groups excluding carboxylic acids is 2. The van der Waals surface area contributed by atoms with Crippen LogP contribution in [-0.4, -0.2) is 47.0 Å². The Morgan fingerprint density at radius 2 is 1.91 bits per heavy atom. The van der Waals surface area contributed by atoms with Gasteiger partial charge in [0.15, 0.2) is 0 Å². The predicted molar refractivity (Wildman–Crippen MR) is 129 cm³/mol. The second-order valence-electron chi connectivity index (χ2n) is 9.16. The number of hydrazine groups is 1. The van der Waals surface area contributed by atoms with Crippen molar-refractivity contribution in [2.24, 2.45) is 5.84 Å². The molecule has 0 spiro atoms. The molecular formula is C26H34F2N5O2+. The minimum Gasteiger partial charge on any atom is -0.343 e. The number of rotatable bonds is 8. The highest BCUT2D eigenvalue weighted by atomic mass is 19.1. The highest BCUT2D eigenvalue weighted by Crippen LogP contribution is 2.28. The number of nitrogens with one attached hydrogen (secondary N) is 1. The van der Waals surface area contributed by atoms with Crippen LogP contribution in [0.2, 0.25) is 0 Å². The summed E-state index contributed by atoms with van der Waals surface area (Å²) in [6.45, 7) is 5.11. The van der Waals surface area contributed by atoms with Gasteiger partial charge >= 0.3 is 0 Å². The van der Waals surface area contributed by atoms with Gasteiger partial charge in [-0.15, -0.1) is 0 Å². The van der Waals surface area contributed by atoms with Gasteiger partial charge < -0.3 is 21.0 Å². The summed E-state index contributed by atoms with van der Waals surface area (Å²) in [6, 6.07) is 12.4. The number of carbonyl (C=O) groups is 2. The molecule has 188 valence electrons. The molecule has 6 N–H and O–H groups in total. The van der Waals surface area contributed by atoms with Crippen LogP contribution in [-0.2, 0) is 9.59 Å². The lowest BCUT2D eigenvalue weighted by Crippen LogP contribution is -2.51. The van der Waals surface area contributed by atoms with Crippen molar-refractivity contribution < 1.29 is 24.1 Å². The van der Waals surface area contributed by atoms with Gasteiger partial charge in [-0.3, -0.25) is 9.59 Å². The van der Waals surface area contributed by atoms with Gasteiger partial charge in [-0.05, 0) is 35.6 Å². The fraction of sp³-hybridized carbons (Fsp3) is 0.385. The van der Waals surface area contributed by atoms with E-state index in [1.807, 2.05) is 44.2 Å². The number of nitrogens with two attached hydrogens (primary N) is 1. The molecule has 0 aromatic heterocycles. The van der Waals surface area contributed by atoms with Crippen LogP contribution in [0.3, 0.4) is 0 Å². The molecule has 7 nitrogen and oxygen atoms in total. The first-order valence-electron chi connectivity index (χ1n) is 11.7. The number of amides is 2. The second kappa shape index (κ2) is 11.4. The van der Waals surface area contributed by atoms with Crippen LogP contribution in [0.5, 0.6) is 0 Å². The molecule has 1 saturated heterocycles. The number of allylic oxidation sites excluding steroid dienone is 1. The van der Waals surface area contributed by atoms with Crippen LogP contribution in [0.4, 0.5) is 8.78 Å². The van der Waals surface area contributed by atoms with Gasteiger partial charge in [-0.1, -0.05) is 56.3 Å². The summed E-state index contributed by atoms with van der Waals surface area (Å²) in [4.78, 5) is 27.5. The second-order valence-corrected chi connectivity index (χ2v) is 9.16. The number of benzene rings is 2. The fourth-order valence-electron chi connectivity index (χ4n) is 4.22. The van der Waals surface area contributed by atoms with E-state index in [0.29, 0.717) is 16.8 Å². The lowest BCUT2D eigenvalue weighted by molar-refractivity contribution is -0.277. The standard InChI is InChI=1S/C26H33F2N5O2/c1-16(2)21-10-9-19(11-22(21)28)25(18-7-5-4-6-8-18)31-26(35)23-12-20(27)14-32(23)24(34)15-33(30)17(3)13-29/h4-11,13,16,20,23,25H,12,14-15,29-30H2,1-3H3,(H,31,35)/p+1/b17-13-/t20-,23+,25+/m1/s1. The number of hydrogen-bond donors (Lipinski definition) is 3. The van der Waals surface area contributed by atoms with Gasteiger partial charge in [-0.25, -0.2) is 14.6 Å². The molecule has 1 heterocycles. The molecule has 1 aliphatic heterocycles. The van der Waals surface area contributed by atoms with Crippen LogP contribution in [0, 0.1) is 5.82 Å². The average molecular weight is 487 g/mol. The molecule has 9 heteroatoms. The highest BCUT2D eigenvalue weighted by Gasteiger charge is 2.40. The number of alkyl halides is 1. The molecule has 0 radical (unpaired) electrons. The van der Waals surface area contributed by atoms with E-state index in [-0.39, 0.29) is 31.2 Å². The molecule has 2 amide bonds. The topological polar surface area (TPSA) is 106 Å². The van der Waals surface area contributed by atoms with Crippen molar-refractivity contribution in [2.75, 3.05) is 13.1 Å². The minimum absolute atomic E-state index is 0.0115. The lowest BCUT2D eigenvalue weighted by Gasteiger charge is -2.28. The smallest absolute Gasteiger partial charge is 0.244 e. The molecular weight excluding hydrogens is 452 g/mol. The van der Waals surface area contributed by atoms with Crippen molar-refractivity contribution in [1.29, 1.82) is 0 Å². The summed E-state index contributed by atoms with van der Waals surface area (Å²) in [6.07, 6.45) is 0.0607. The third kappa shape index (κ3) is 6.23. The van der Waals surface area contributed by atoms with Crippen LogP contribution in [0.1, 0.15) is 55.8 Å². The first-order valence-corrected chi connectivity index (χ1v) is 11.7. The number of hydrogen-bond acceptors (Lipinski definition) is 4. The molecule has 35 heavy (non-hydrogen) atoms. The molecule has 1 aliphatic rings. The Morgan fingerprint density at radius 1 is 1.23 bits per heavy atom. The van der Waals surface area contributed by atoms with Crippen molar-refractivity contribution >= 4 is 11.8 Å². The summed E-state index contributed by atoms with van der Waals surface area (Å²) >= 11 is 0. The van der Waals surface area contributed by atoms with E-state index in [2.05, 4.69) is 11.1 Å². The van der Waals surface area contributed by atoms with E-state index >= 15 is 0 Å². The van der Waals surface area contributed by atoms with Gasteiger partial charge in [0.05, 0.1) is 18.3 Å². The molecule has 2 aromatic rings. The summed E-state index contributed by atoms with van der Waals surface area (Å²) in [5.41, 5.74) is 6.08. The first-order chi connectivity index (χ1) is 16.6. The van der Waals surface area contributed by atoms with Crippen LogP contribution >= 0.6 is 0 Å². The third-order valence-corrected chi connectivity index (χ3v) is 6.33. The summed E-state index contributed by atoms with van der Waals surface area (Å²) in [5, 5.41) is 4.14. The molecule has 0 bridgehead atoms. The van der Waals surface area contributed by atoms with E-state index < -0.39 is 30.1 Å². The van der Waals surface area contributed by atoms with E-state index in [1.165, 1.54) is 22.2 Å².